The molecule has 0 aliphatic carbocycles. The number of amides is 1. The number of aryl methyl sites for hydroxylation is 2. The minimum atomic E-state index is -0.109. The third-order valence-electron chi connectivity index (χ3n) is 4.20. The molecule has 0 saturated heterocycles. The van der Waals surface area contributed by atoms with Crippen molar-refractivity contribution in [3.05, 3.63) is 35.7 Å². The van der Waals surface area contributed by atoms with Gasteiger partial charge >= 0.3 is 0 Å². The van der Waals surface area contributed by atoms with Crippen LogP contribution in [0.5, 0.6) is 5.75 Å². The Hall–Kier alpha value is -2.16. The first kappa shape index (κ1) is 21.1. The van der Waals surface area contributed by atoms with Crippen LogP contribution in [0, 0.1) is 6.92 Å². The Morgan fingerprint density at radius 2 is 2.00 bits per heavy atom. The molecule has 0 aliphatic rings. The number of likely N-dealkylation sites (N-methyl/N-ethyl adjacent to an activating group) is 1. The van der Waals surface area contributed by atoms with Crippen LogP contribution in [0.15, 0.2) is 24.4 Å². The van der Waals surface area contributed by atoms with E-state index in [0.717, 1.165) is 22.3 Å². The van der Waals surface area contributed by atoms with Crippen LogP contribution in [0.25, 0.3) is 10.2 Å². The minimum Gasteiger partial charge on any atom is -0.494 e. The van der Waals surface area contributed by atoms with E-state index in [1.165, 1.54) is 11.3 Å². The number of hydrogen-bond donors (Lipinski definition) is 0. The Kier molecular flexibility index (Phi) is 6.80. The molecule has 1 amide bonds. The summed E-state index contributed by atoms with van der Waals surface area (Å²) in [5.74, 6) is 0.608. The number of fused-ring (bicyclic) bond motifs is 1. The number of rotatable bonds is 6. The van der Waals surface area contributed by atoms with Crippen molar-refractivity contribution in [2.24, 2.45) is 7.05 Å². The molecule has 0 bridgehead atoms. The normalized spacial score (nSPS) is 10.9. The molecule has 0 aliphatic heterocycles. The zero-order chi connectivity index (χ0) is 18.8. The Bertz CT molecular complexity index is 937. The van der Waals surface area contributed by atoms with Gasteiger partial charge in [0.2, 0.25) is 0 Å². The van der Waals surface area contributed by atoms with Gasteiger partial charge in [-0.2, -0.15) is 5.10 Å². The van der Waals surface area contributed by atoms with Gasteiger partial charge in [0.15, 0.2) is 5.13 Å². The number of carbonyl (C=O) groups is 1. The number of ether oxygens (including phenoxy) is 1. The topological polar surface area (TPSA) is 63.5 Å². The number of hydrogen-bond acceptors (Lipinski definition) is 6. The lowest BCUT2D eigenvalue weighted by molar-refractivity contribution is 0.0976. The first-order valence-electron chi connectivity index (χ1n) is 8.31. The molecular formula is C18H24ClN5O2S. The van der Waals surface area contributed by atoms with E-state index in [9.17, 15) is 4.79 Å². The van der Waals surface area contributed by atoms with Gasteiger partial charge in [0.25, 0.3) is 5.91 Å². The highest BCUT2D eigenvalue weighted by molar-refractivity contribution is 7.22. The van der Waals surface area contributed by atoms with Gasteiger partial charge in [0.1, 0.15) is 17.0 Å². The second kappa shape index (κ2) is 8.69. The average Bonchev–Trinajstić information content (AvgIpc) is 3.22. The van der Waals surface area contributed by atoms with Gasteiger partial charge in [0, 0.05) is 26.3 Å². The molecule has 3 aromatic rings. The van der Waals surface area contributed by atoms with Gasteiger partial charge in [0.05, 0.1) is 11.8 Å². The highest BCUT2D eigenvalue weighted by Gasteiger charge is 2.24. The minimum absolute atomic E-state index is 0. The van der Waals surface area contributed by atoms with Gasteiger partial charge in [-0.1, -0.05) is 17.4 Å². The number of benzene rings is 1. The van der Waals surface area contributed by atoms with E-state index in [1.54, 1.807) is 36.0 Å². The number of aromatic nitrogens is 3. The van der Waals surface area contributed by atoms with E-state index in [1.807, 2.05) is 38.1 Å². The van der Waals surface area contributed by atoms with Crippen LogP contribution in [0.3, 0.4) is 0 Å². The molecule has 0 fully saturated rings. The lowest BCUT2D eigenvalue weighted by Crippen LogP contribution is -2.37. The SMILES string of the molecule is COc1ccc(C)c2sc(N(CCN(C)C)C(=O)c3ccnn3C)nc12.Cl. The van der Waals surface area contributed by atoms with Crippen LogP contribution in [-0.4, -0.2) is 59.9 Å². The van der Waals surface area contributed by atoms with Crippen LogP contribution < -0.4 is 9.64 Å². The first-order chi connectivity index (χ1) is 12.4. The maximum Gasteiger partial charge on any atom is 0.278 e. The fourth-order valence-corrected chi connectivity index (χ4v) is 3.76. The van der Waals surface area contributed by atoms with Crippen molar-refractivity contribution < 1.29 is 9.53 Å². The summed E-state index contributed by atoms with van der Waals surface area (Å²) in [6.07, 6.45) is 1.63. The van der Waals surface area contributed by atoms with Gasteiger partial charge in [-0.05, 0) is 38.7 Å². The quantitative estimate of drug-likeness (QED) is 0.626. The average molecular weight is 410 g/mol. The summed E-state index contributed by atoms with van der Waals surface area (Å²) in [5, 5.41) is 4.78. The number of anilines is 1. The monoisotopic (exact) mass is 409 g/mol. The van der Waals surface area contributed by atoms with Crippen molar-refractivity contribution in [3.63, 3.8) is 0 Å². The van der Waals surface area contributed by atoms with Crippen molar-refractivity contribution in [3.8, 4) is 5.75 Å². The Labute approximate surface area is 169 Å². The summed E-state index contributed by atoms with van der Waals surface area (Å²) in [7, 11) is 7.37. The number of carbonyl (C=O) groups excluding carboxylic acids is 1. The van der Waals surface area contributed by atoms with Gasteiger partial charge < -0.3 is 9.64 Å². The molecule has 1 aromatic carbocycles. The molecule has 2 aromatic heterocycles. The van der Waals surface area contributed by atoms with E-state index in [4.69, 9.17) is 9.72 Å². The maximum absolute atomic E-state index is 13.1. The molecule has 0 unspecified atom stereocenters. The number of nitrogens with zero attached hydrogens (tertiary/aromatic N) is 5. The van der Waals surface area contributed by atoms with Crippen molar-refractivity contribution in [1.29, 1.82) is 0 Å². The second-order valence-corrected chi connectivity index (χ2v) is 7.34. The lowest BCUT2D eigenvalue weighted by Gasteiger charge is -2.21. The first-order valence-corrected chi connectivity index (χ1v) is 9.12. The van der Waals surface area contributed by atoms with Crippen molar-refractivity contribution >= 4 is 45.0 Å². The number of methoxy groups -OCH3 is 1. The third-order valence-corrected chi connectivity index (χ3v) is 5.41. The van der Waals surface area contributed by atoms with Crippen molar-refractivity contribution in [1.82, 2.24) is 19.7 Å². The molecule has 27 heavy (non-hydrogen) atoms. The number of halogens is 1. The van der Waals surface area contributed by atoms with E-state index in [-0.39, 0.29) is 18.3 Å². The molecule has 146 valence electrons. The second-order valence-electron chi connectivity index (χ2n) is 6.36. The van der Waals surface area contributed by atoms with Crippen LogP contribution >= 0.6 is 23.7 Å². The molecule has 3 rings (SSSR count). The predicted octanol–water partition coefficient (Wildman–Crippen LogP) is 2.98. The lowest BCUT2D eigenvalue weighted by atomic mass is 10.2. The zero-order valence-corrected chi connectivity index (χ0v) is 17.7. The summed E-state index contributed by atoms with van der Waals surface area (Å²) in [4.78, 5) is 21.6. The Balaban J connectivity index is 0.00000261. The Morgan fingerprint density at radius 1 is 1.26 bits per heavy atom. The van der Waals surface area contributed by atoms with E-state index in [0.29, 0.717) is 23.1 Å². The highest BCUT2D eigenvalue weighted by Crippen LogP contribution is 2.36. The van der Waals surface area contributed by atoms with Crippen LogP contribution in [0.1, 0.15) is 16.1 Å². The standard InChI is InChI=1S/C18H23N5O2S.ClH/c1-12-6-7-14(25-5)15-16(12)26-18(20-15)23(11-10-21(2)3)17(24)13-8-9-19-22(13)4;/h6-9H,10-11H2,1-5H3;1H. The molecule has 0 spiro atoms. The van der Waals surface area contributed by atoms with Gasteiger partial charge in [-0.3, -0.25) is 14.4 Å². The van der Waals surface area contributed by atoms with Crippen LogP contribution in [0.4, 0.5) is 5.13 Å². The maximum atomic E-state index is 13.1. The van der Waals surface area contributed by atoms with E-state index in [2.05, 4.69) is 5.10 Å². The van der Waals surface area contributed by atoms with Gasteiger partial charge in [-0.15, -0.1) is 12.4 Å². The molecule has 0 N–H and O–H groups in total. The molecule has 0 atom stereocenters. The molecule has 2 heterocycles. The van der Waals surface area contributed by atoms with Crippen LogP contribution in [0.2, 0.25) is 0 Å². The summed E-state index contributed by atoms with van der Waals surface area (Å²) in [5.41, 5.74) is 2.44. The molecule has 0 radical (unpaired) electrons. The molecule has 9 heteroatoms. The molecule has 7 nitrogen and oxygen atoms in total. The molecule has 0 saturated carbocycles. The van der Waals surface area contributed by atoms with Crippen molar-refractivity contribution in [2.45, 2.75) is 6.92 Å². The fraction of sp³-hybridized carbons (Fsp3) is 0.389. The van der Waals surface area contributed by atoms with E-state index >= 15 is 0 Å². The third kappa shape index (κ3) is 4.23. The highest BCUT2D eigenvalue weighted by atomic mass is 35.5. The summed E-state index contributed by atoms with van der Waals surface area (Å²) < 4.78 is 8.07. The van der Waals surface area contributed by atoms with Gasteiger partial charge in [-0.25, -0.2) is 4.98 Å². The summed E-state index contributed by atoms with van der Waals surface area (Å²) >= 11 is 1.51. The summed E-state index contributed by atoms with van der Waals surface area (Å²) in [6.45, 7) is 3.31. The largest absolute Gasteiger partial charge is 0.494 e. The van der Waals surface area contributed by atoms with Crippen molar-refractivity contribution in [2.75, 3.05) is 39.2 Å². The van der Waals surface area contributed by atoms with E-state index < -0.39 is 0 Å². The predicted molar refractivity (Wildman–Crippen MR) is 112 cm³/mol. The molecular weight excluding hydrogens is 386 g/mol. The van der Waals surface area contributed by atoms with Crippen LogP contribution in [-0.2, 0) is 7.05 Å². The fourth-order valence-electron chi connectivity index (χ4n) is 2.68. The summed E-state index contributed by atoms with van der Waals surface area (Å²) in [6, 6.07) is 5.65. The zero-order valence-electron chi connectivity index (χ0n) is 16.1. The smallest absolute Gasteiger partial charge is 0.278 e. The Morgan fingerprint density at radius 3 is 2.59 bits per heavy atom. The number of thiazole rings is 1.